The van der Waals surface area contributed by atoms with Crippen molar-refractivity contribution in [1.29, 1.82) is 0 Å². The molecular weight excluding hydrogens is 300 g/mol. The highest BCUT2D eigenvalue weighted by Gasteiger charge is 2.19. The van der Waals surface area contributed by atoms with E-state index >= 15 is 0 Å². The molecule has 1 N–H and O–H groups in total. The maximum absolute atomic E-state index is 11.8. The summed E-state index contributed by atoms with van der Waals surface area (Å²) in [5.41, 5.74) is 5.37. The second kappa shape index (κ2) is 5.24. The average Bonchev–Trinajstić information content (AvgIpc) is 2.55. The van der Waals surface area contributed by atoms with Crippen LogP contribution in [0.4, 0.5) is 0 Å². The van der Waals surface area contributed by atoms with Crippen LogP contribution in [-0.4, -0.2) is 5.11 Å². The number of para-hydroxylation sites is 1. The zero-order chi connectivity index (χ0) is 16.8. The fraction of sp³-hybridized carbons (Fsp3) is 0.0952. The number of fused-ring (bicyclic) bond motifs is 2. The summed E-state index contributed by atoms with van der Waals surface area (Å²) in [4.78, 5) is 11.8. The van der Waals surface area contributed by atoms with Crippen molar-refractivity contribution in [1.82, 2.24) is 0 Å². The standard InChI is InChI=1S/C21H16O3/c1-12-7-8-14(13(2)9-12)21-15-5-3-4-6-19(15)24-20-11-18(23)17(22)10-16(20)21/h3-11,22H,1-2H3. The summed E-state index contributed by atoms with van der Waals surface area (Å²) in [6.45, 7) is 4.12. The number of hydrogen-bond acceptors (Lipinski definition) is 3. The van der Waals surface area contributed by atoms with Crippen molar-refractivity contribution in [2.75, 3.05) is 0 Å². The predicted molar refractivity (Wildman–Crippen MR) is 95.7 cm³/mol. The van der Waals surface area contributed by atoms with E-state index in [1.807, 2.05) is 24.3 Å². The molecule has 0 unspecified atom stereocenters. The van der Waals surface area contributed by atoms with Gasteiger partial charge in [0.15, 0.2) is 5.75 Å². The van der Waals surface area contributed by atoms with Crippen LogP contribution in [0.1, 0.15) is 11.1 Å². The largest absolute Gasteiger partial charge is 0.504 e. The summed E-state index contributed by atoms with van der Waals surface area (Å²) in [6.07, 6.45) is 0. The Morgan fingerprint density at radius 3 is 2.50 bits per heavy atom. The molecule has 0 amide bonds. The number of rotatable bonds is 1. The first kappa shape index (κ1) is 14.5. The molecule has 1 heterocycles. The third kappa shape index (κ3) is 2.17. The van der Waals surface area contributed by atoms with E-state index in [-0.39, 0.29) is 5.75 Å². The third-order valence-electron chi connectivity index (χ3n) is 4.36. The van der Waals surface area contributed by atoms with E-state index < -0.39 is 5.43 Å². The van der Waals surface area contributed by atoms with Crippen molar-refractivity contribution in [2.45, 2.75) is 13.8 Å². The summed E-state index contributed by atoms with van der Waals surface area (Å²) in [5.74, 6) is 0.213. The highest BCUT2D eigenvalue weighted by molar-refractivity contribution is 6.02. The fourth-order valence-corrected chi connectivity index (χ4v) is 3.24. The lowest BCUT2D eigenvalue weighted by atomic mass is 9.90. The lowest BCUT2D eigenvalue weighted by molar-refractivity contribution is 0.469. The van der Waals surface area contributed by atoms with E-state index in [9.17, 15) is 9.90 Å². The van der Waals surface area contributed by atoms with Gasteiger partial charge in [0.1, 0.15) is 11.3 Å². The van der Waals surface area contributed by atoms with Crippen LogP contribution in [0.25, 0.3) is 33.4 Å². The Morgan fingerprint density at radius 1 is 0.917 bits per heavy atom. The maximum Gasteiger partial charge on any atom is 0.223 e. The van der Waals surface area contributed by atoms with Gasteiger partial charge in [0.2, 0.25) is 5.43 Å². The number of aromatic hydroxyl groups is 1. The van der Waals surface area contributed by atoms with Gasteiger partial charge >= 0.3 is 0 Å². The van der Waals surface area contributed by atoms with Crippen LogP contribution in [0.2, 0.25) is 0 Å². The number of phenolic OH excluding ortho intramolecular Hbond substituents is 1. The van der Waals surface area contributed by atoms with Gasteiger partial charge in [-0.1, -0.05) is 42.0 Å². The van der Waals surface area contributed by atoms with Crippen LogP contribution >= 0.6 is 0 Å². The van der Waals surface area contributed by atoms with E-state index in [2.05, 4.69) is 32.0 Å². The summed E-state index contributed by atoms with van der Waals surface area (Å²) in [6, 6.07) is 16.9. The molecule has 0 spiro atoms. The Hall–Kier alpha value is -3.07. The van der Waals surface area contributed by atoms with Crippen molar-refractivity contribution in [3.8, 4) is 28.2 Å². The van der Waals surface area contributed by atoms with Crippen molar-refractivity contribution >= 4 is 11.0 Å². The van der Waals surface area contributed by atoms with E-state index in [1.165, 1.54) is 17.7 Å². The fourth-order valence-electron chi connectivity index (χ4n) is 3.24. The number of aryl methyl sites for hydroxylation is 2. The van der Waals surface area contributed by atoms with Gasteiger partial charge in [-0.15, -0.1) is 0 Å². The first-order valence-electron chi connectivity index (χ1n) is 7.81. The number of hydrogen-bond donors (Lipinski definition) is 1. The zero-order valence-corrected chi connectivity index (χ0v) is 13.5. The van der Waals surface area contributed by atoms with E-state index in [4.69, 9.17) is 4.42 Å². The Labute approximate surface area is 139 Å². The first-order chi connectivity index (χ1) is 11.5. The van der Waals surface area contributed by atoms with Gasteiger partial charge in [0.25, 0.3) is 0 Å². The normalized spacial score (nSPS) is 11.2. The van der Waals surface area contributed by atoms with Gasteiger partial charge in [-0.3, -0.25) is 4.79 Å². The predicted octanol–water partition coefficient (Wildman–Crippen LogP) is 4.89. The van der Waals surface area contributed by atoms with Gasteiger partial charge in [-0.25, -0.2) is 0 Å². The molecule has 118 valence electrons. The third-order valence-corrected chi connectivity index (χ3v) is 4.36. The highest BCUT2D eigenvalue weighted by atomic mass is 16.3. The average molecular weight is 316 g/mol. The molecule has 2 aromatic carbocycles. The topological polar surface area (TPSA) is 50.4 Å². The molecule has 2 aliphatic rings. The van der Waals surface area contributed by atoms with Crippen molar-refractivity contribution < 1.29 is 9.52 Å². The van der Waals surface area contributed by atoms with E-state index in [0.717, 1.165) is 27.6 Å². The van der Waals surface area contributed by atoms with Gasteiger partial charge in [-0.2, -0.15) is 0 Å². The molecule has 1 aliphatic heterocycles. The molecule has 0 radical (unpaired) electrons. The second-order valence-corrected chi connectivity index (χ2v) is 6.11. The molecule has 0 atom stereocenters. The summed E-state index contributed by atoms with van der Waals surface area (Å²) in [5, 5.41) is 10.9. The molecule has 24 heavy (non-hydrogen) atoms. The first-order valence-corrected chi connectivity index (χ1v) is 7.81. The number of phenols is 1. The van der Waals surface area contributed by atoms with Crippen molar-refractivity contribution in [2.24, 2.45) is 0 Å². The van der Waals surface area contributed by atoms with Crippen LogP contribution in [0.3, 0.4) is 0 Å². The lowest BCUT2D eigenvalue weighted by Gasteiger charge is -2.17. The molecule has 3 heteroatoms. The summed E-state index contributed by atoms with van der Waals surface area (Å²) >= 11 is 0. The van der Waals surface area contributed by atoms with Crippen LogP contribution in [0.15, 0.2) is 63.8 Å². The van der Waals surface area contributed by atoms with Crippen LogP contribution in [-0.2, 0) is 0 Å². The van der Waals surface area contributed by atoms with Crippen LogP contribution in [0.5, 0.6) is 5.75 Å². The minimum Gasteiger partial charge on any atom is -0.504 e. The molecule has 3 nitrogen and oxygen atoms in total. The molecule has 2 aromatic rings. The van der Waals surface area contributed by atoms with E-state index in [1.54, 1.807) is 0 Å². The van der Waals surface area contributed by atoms with Crippen molar-refractivity contribution in [3.63, 3.8) is 0 Å². The monoisotopic (exact) mass is 316 g/mol. The highest BCUT2D eigenvalue weighted by Crippen LogP contribution is 2.41. The molecule has 0 bridgehead atoms. The Kier molecular flexibility index (Phi) is 3.17. The molecule has 0 saturated carbocycles. The van der Waals surface area contributed by atoms with E-state index in [0.29, 0.717) is 11.3 Å². The molecule has 0 fully saturated rings. The molecule has 0 aromatic heterocycles. The van der Waals surface area contributed by atoms with Gasteiger partial charge in [0.05, 0.1) is 0 Å². The molecule has 4 rings (SSSR count). The quantitative estimate of drug-likeness (QED) is 0.509. The smallest absolute Gasteiger partial charge is 0.223 e. The van der Waals surface area contributed by atoms with Gasteiger partial charge < -0.3 is 9.52 Å². The van der Waals surface area contributed by atoms with Crippen LogP contribution in [0, 0.1) is 13.8 Å². The maximum atomic E-state index is 11.8. The lowest BCUT2D eigenvalue weighted by Crippen LogP contribution is -2.02. The molecule has 1 aliphatic carbocycles. The minimum atomic E-state index is -0.437. The van der Waals surface area contributed by atoms with Crippen LogP contribution < -0.4 is 5.43 Å². The van der Waals surface area contributed by atoms with Gasteiger partial charge in [0, 0.05) is 22.6 Å². The molecular formula is C21H16O3. The Balaban J connectivity index is 2.22. The SMILES string of the molecule is Cc1ccc(-c2c3cc(O)c(=O)cc-3oc3ccccc23)c(C)c1. The summed E-state index contributed by atoms with van der Waals surface area (Å²) in [7, 11) is 0. The minimum absolute atomic E-state index is 0.265. The van der Waals surface area contributed by atoms with Crippen molar-refractivity contribution in [3.05, 3.63) is 75.9 Å². The summed E-state index contributed by atoms with van der Waals surface area (Å²) < 4.78 is 5.90. The second-order valence-electron chi connectivity index (χ2n) is 6.11. The Bertz CT molecular complexity index is 1110. The Morgan fingerprint density at radius 2 is 1.71 bits per heavy atom. The number of benzene rings is 3. The van der Waals surface area contributed by atoms with Gasteiger partial charge in [-0.05, 0) is 37.1 Å². The molecule has 0 saturated heterocycles. The zero-order valence-electron chi connectivity index (χ0n) is 13.5.